The second-order valence-corrected chi connectivity index (χ2v) is 7.35. The molecule has 1 saturated heterocycles. The Balaban J connectivity index is 1.49. The Morgan fingerprint density at radius 1 is 1.19 bits per heavy atom. The van der Waals surface area contributed by atoms with Crippen LogP contribution in [0.25, 0.3) is 10.2 Å². The predicted octanol–water partition coefficient (Wildman–Crippen LogP) is 2.39. The van der Waals surface area contributed by atoms with Crippen LogP contribution in [0, 0.1) is 0 Å². The summed E-state index contributed by atoms with van der Waals surface area (Å²) in [5, 5.41) is 5.23. The molecule has 1 aliphatic heterocycles. The van der Waals surface area contributed by atoms with Gasteiger partial charge in [0, 0.05) is 45.5 Å². The molecular weight excluding hydrogens is 350 g/mol. The van der Waals surface area contributed by atoms with Gasteiger partial charge in [-0.15, -0.1) is 0 Å². The Morgan fingerprint density at radius 3 is 2.85 bits per heavy atom. The molecule has 1 aliphatic rings. The Bertz CT molecular complexity index is 935. The molecule has 7 nitrogen and oxygen atoms in total. The minimum atomic E-state index is 0.00138. The summed E-state index contributed by atoms with van der Waals surface area (Å²) in [6.07, 6.45) is 2.71. The third-order valence-electron chi connectivity index (χ3n) is 4.57. The number of carbonyl (C=O) groups is 1. The zero-order valence-corrected chi connectivity index (χ0v) is 15.7. The first kappa shape index (κ1) is 16.8. The molecule has 0 saturated carbocycles. The van der Waals surface area contributed by atoms with Gasteiger partial charge >= 0.3 is 0 Å². The molecule has 2 aromatic heterocycles. The number of methoxy groups -OCH3 is 1. The molecule has 0 atom stereocenters. The van der Waals surface area contributed by atoms with Crippen molar-refractivity contribution in [2.75, 3.05) is 38.2 Å². The summed E-state index contributed by atoms with van der Waals surface area (Å²) in [6, 6.07) is 7.74. The van der Waals surface area contributed by atoms with Crippen LogP contribution < -0.4 is 9.64 Å². The van der Waals surface area contributed by atoms with Crippen molar-refractivity contribution < 1.29 is 9.53 Å². The summed E-state index contributed by atoms with van der Waals surface area (Å²) >= 11 is 1.68. The fourth-order valence-electron chi connectivity index (χ4n) is 3.16. The molecule has 136 valence electrons. The van der Waals surface area contributed by atoms with Crippen molar-refractivity contribution >= 4 is 32.6 Å². The quantitative estimate of drug-likeness (QED) is 0.707. The number of ether oxygens (including phenoxy) is 1. The summed E-state index contributed by atoms with van der Waals surface area (Å²) in [6.45, 7) is 3.08. The average molecular weight is 371 g/mol. The van der Waals surface area contributed by atoms with Crippen molar-refractivity contribution in [3.05, 3.63) is 36.2 Å². The number of rotatable bonds is 3. The highest BCUT2D eigenvalue weighted by molar-refractivity contribution is 7.22. The van der Waals surface area contributed by atoms with Crippen LogP contribution in [0.15, 0.2) is 30.5 Å². The van der Waals surface area contributed by atoms with Crippen LogP contribution in [-0.4, -0.2) is 58.9 Å². The number of carbonyl (C=O) groups excluding carboxylic acids is 1. The first-order chi connectivity index (χ1) is 12.6. The molecule has 0 bridgehead atoms. The number of nitrogens with zero attached hydrogens (tertiary/aromatic N) is 5. The number of aryl methyl sites for hydroxylation is 1. The maximum absolute atomic E-state index is 12.6. The molecule has 0 aliphatic carbocycles. The minimum absolute atomic E-state index is 0.00138. The fraction of sp³-hybridized carbons (Fsp3) is 0.389. The molecule has 3 aromatic rings. The van der Waals surface area contributed by atoms with Crippen molar-refractivity contribution in [2.45, 2.75) is 6.42 Å². The van der Waals surface area contributed by atoms with Crippen molar-refractivity contribution in [1.29, 1.82) is 0 Å². The van der Waals surface area contributed by atoms with Crippen molar-refractivity contribution in [3.8, 4) is 5.75 Å². The maximum Gasteiger partial charge on any atom is 0.274 e. The van der Waals surface area contributed by atoms with E-state index >= 15 is 0 Å². The van der Waals surface area contributed by atoms with Gasteiger partial charge in [0.05, 0.1) is 17.3 Å². The minimum Gasteiger partial charge on any atom is -0.497 e. The van der Waals surface area contributed by atoms with Crippen molar-refractivity contribution in [3.63, 3.8) is 0 Å². The molecule has 3 heterocycles. The molecule has 26 heavy (non-hydrogen) atoms. The maximum atomic E-state index is 12.6. The molecule has 1 aromatic carbocycles. The average Bonchev–Trinajstić information content (AvgIpc) is 3.19. The summed E-state index contributed by atoms with van der Waals surface area (Å²) < 4.78 is 8.08. The monoisotopic (exact) mass is 371 g/mol. The van der Waals surface area contributed by atoms with Gasteiger partial charge in [-0.05, 0) is 24.6 Å². The van der Waals surface area contributed by atoms with Gasteiger partial charge in [-0.2, -0.15) is 5.10 Å². The van der Waals surface area contributed by atoms with Crippen LogP contribution in [0.1, 0.15) is 16.9 Å². The molecule has 1 fully saturated rings. The van der Waals surface area contributed by atoms with E-state index in [0.29, 0.717) is 12.2 Å². The van der Waals surface area contributed by atoms with Crippen LogP contribution in [0.5, 0.6) is 5.75 Å². The van der Waals surface area contributed by atoms with Crippen LogP contribution in [0.4, 0.5) is 5.13 Å². The molecule has 0 N–H and O–H groups in total. The first-order valence-electron chi connectivity index (χ1n) is 8.62. The largest absolute Gasteiger partial charge is 0.497 e. The lowest BCUT2D eigenvalue weighted by molar-refractivity contribution is 0.0760. The van der Waals surface area contributed by atoms with E-state index < -0.39 is 0 Å². The summed E-state index contributed by atoms with van der Waals surface area (Å²) in [4.78, 5) is 21.5. The predicted molar refractivity (Wildman–Crippen MR) is 102 cm³/mol. The second kappa shape index (κ2) is 6.95. The van der Waals surface area contributed by atoms with Crippen LogP contribution in [-0.2, 0) is 7.05 Å². The van der Waals surface area contributed by atoms with E-state index in [1.807, 2.05) is 30.1 Å². The number of amides is 1. The van der Waals surface area contributed by atoms with E-state index in [0.717, 1.165) is 47.2 Å². The van der Waals surface area contributed by atoms with Gasteiger partial charge in [-0.25, -0.2) is 4.98 Å². The number of fused-ring (bicyclic) bond motifs is 1. The molecule has 1 amide bonds. The van der Waals surface area contributed by atoms with E-state index in [4.69, 9.17) is 9.72 Å². The smallest absolute Gasteiger partial charge is 0.274 e. The van der Waals surface area contributed by atoms with Gasteiger partial charge in [0.2, 0.25) is 0 Å². The Kier molecular flexibility index (Phi) is 4.50. The third-order valence-corrected chi connectivity index (χ3v) is 5.67. The lowest BCUT2D eigenvalue weighted by Gasteiger charge is -2.21. The standard InChI is InChI=1S/C18H21N5O2S/c1-21-9-6-14(20-21)17(24)22-7-3-8-23(11-10-22)18-19-15-12-13(25-2)4-5-16(15)26-18/h4-6,9,12H,3,7-8,10-11H2,1-2H3. The van der Waals surface area contributed by atoms with Crippen LogP contribution in [0.3, 0.4) is 0 Å². The van der Waals surface area contributed by atoms with Gasteiger partial charge in [0.1, 0.15) is 11.4 Å². The summed E-state index contributed by atoms with van der Waals surface area (Å²) in [5.74, 6) is 0.818. The van der Waals surface area contributed by atoms with Gasteiger partial charge in [0.15, 0.2) is 5.13 Å². The normalized spacial score (nSPS) is 15.3. The highest BCUT2D eigenvalue weighted by Crippen LogP contribution is 2.31. The second-order valence-electron chi connectivity index (χ2n) is 6.34. The Hall–Kier alpha value is -2.61. The van der Waals surface area contributed by atoms with E-state index in [1.54, 1.807) is 35.4 Å². The Morgan fingerprint density at radius 2 is 2.08 bits per heavy atom. The lowest BCUT2D eigenvalue weighted by atomic mass is 10.3. The fourth-order valence-corrected chi connectivity index (χ4v) is 4.16. The first-order valence-corrected chi connectivity index (χ1v) is 9.44. The van der Waals surface area contributed by atoms with E-state index in [-0.39, 0.29) is 5.91 Å². The number of thiazole rings is 1. The molecule has 0 unspecified atom stereocenters. The van der Waals surface area contributed by atoms with Gasteiger partial charge in [-0.3, -0.25) is 9.48 Å². The van der Waals surface area contributed by atoms with E-state index in [9.17, 15) is 4.79 Å². The number of benzene rings is 1. The van der Waals surface area contributed by atoms with Gasteiger partial charge < -0.3 is 14.5 Å². The number of hydrogen-bond acceptors (Lipinski definition) is 6. The number of anilines is 1. The lowest BCUT2D eigenvalue weighted by Crippen LogP contribution is -2.35. The topological polar surface area (TPSA) is 63.5 Å². The van der Waals surface area contributed by atoms with Crippen LogP contribution >= 0.6 is 11.3 Å². The van der Waals surface area contributed by atoms with E-state index in [1.165, 1.54) is 0 Å². The Labute approximate surface area is 155 Å². The zero-order chi connectivity index (χ0) is 18.1. The van der Waals surface area contributed by atoms with Crippen LogP contribution in [0.2, 0.25) is 0 Å². The third kappa shape index (κ3) is 3.24. The summed E-state index contributed by atoms with van der Waals surface area (Å²) in [5.41, 5.74) is 1.46. The van der Waals surface area contributed by atoms with Gasteiger partial charge in [-0.1, -0.05) is 11.3 Å². The highest BCUT2D eigenvalue weighted by Gasteiger charge is 2.23. The molecule has 4 rings (SSSR count). The molecular formula is C18H21N5O2S. The van der Waals surface area contributed by atoms with Crippen molar-refractivity contribution in [2.24, 2.45) is 7.05 Å². The highest BCUT2D eigenvalue weighted by atomic mass is 32.1. The number of aromatic nitrogens is 3. The molecule has 8 heteroatoms. The SMILES string of the molecule is COc1ccc2sc(N3CCCN(C(=O)c4ccn(C)n4)CC3)nc2c1. The van der Waals surface area contributed by atoms with E-state index in [2.05, 4.69) is 10.00 Å². The number of hydrogen-bond donors (Lipinski definition) is 0. The molecule has 0 radical (unpaired) electrons. The zero-order valence-electron chi connectivity index (χ0n) is 14.9. The van der Waals surface area contributed by atoms with Gasteiger partial charge in [0.25, 0.3) is 5.91 Å². The molecule has 0 spiro atoms. The summed E-state index contributed by atoms with van der Waals surface area (Å²) in [7, 11) is 3.49. The van der Waals surface area contributed by atoms with Crippen molar-refractivity contribution in [1.82, 2.24) is 19.7 Å².